The van der Waals surface area contributed by atoms with Crippen LogP contribution in [0.3, 0.4) is 0 Å². The van der Waals surface area contributed by atoms with Gasteiger partial charge >= 0.3 is 0 Å². The van der Waals surface area contributed by atoms with Gasteiger partial charge in [-0.1, -0.05) is 145 Å². The van der Waals surface area contributed by atoms with Crippen LogP contribution < -0.4 is 16.0 Å². The monoisotopic (exact) mass is 1310 g/mol. The second kappa shape index (κ2) is 44.8. The lowest BCUT2D eigenvalue weighted by atomic mass is 10.3. The van der Waals surface area contributed by atoms with Crippen LogP contribution in [0.15, 0.2) is 126 Å². The van der Waals surface area contributed by atoms with E-state index in [1.807, 2.05) is 168 Å². The van der Waals surface area contributed by atoms with E-state index in [1.54, 1.807) is 35.3 Å². The lowest BCUT2D eigenvalue weighted by Gasteiger charge is -2.17. The third-order valence-electron chi connectivity index (χ3n) is 7.01. The van der Waals surface area contributed by atoms with Crippen molar-refractivity contribution in [1.29, 1.82) is 0 Å². The number of thiol groups is 3. The summed E-state index contributed by atoms with van der Waals surface area (Å²) >= 11 is 51.0. The number of thioether (sulfide) groups is 7. The normalized spacial score (nSPS) is 11.0. The molecule has 0 aliphatic carbocycles. The predicted octanol–water partition coefficient (Wildman–Crippen LogP) is 16.0. The van der Waals surface area contributed by atoms with Crippen LogP contribution in [0.4, 0.5) is 22.7 Å². The second-order valence-electron chi connectivity index (χ2n) is 11.6. The highest BCUT2D eigenvalue weighted by atomic mass is 128. The topological polar surface area (TPSA) is 48.4 Å². The number of para-hydroxylation sites is 4. The highest BCUT2D eigenvalue weighted by molar-refractivity contribution is 15.0. The number of nitrogens with zero attached hydrogens (tertiary/aromatic N) is 1. The van der Waals surface area contributed by atoms with Crippen molar-refractivity contribution in [3.8, 4) is 0 Å². The summed E-state index contributed by atoms with van der Waals surface area (Å²) in [6.45, 7) is 0. The van der Waals surface area contributed by atoms with Gasteiger partial charge in [-0.3, -0.25) is 0 Å². The van der Waals surface area contributed by atoms with Crippen LogP contribution in [-0.4, -0.2) is 97.7 Å². The Labute approximate surface area is 462 Å². The van der Waals surface area contributed by atoms with Crippen molar-refractivity contribution < 1.29 is 0 Å². The van der Waals surface area contributed by atoms with Gasteiger partial charge in [-0.05, 0) is 72.3 Å². The molecule has 0 aromatic heterocycles. The van der Waals surface area contributed by atoms with E-state index in [9.17, 15) is 0 Å². The first-order valence-electron chi connectivity index (χ1n) is 18.8. The number of hydrogen-bond acceptors (Lipinski definition) is 15. The Kier molecular flexibility index (Phi) is 44.3. The molecule has 20 heteroatoms. The maximum atomic E-state index is 5.60. The SMILES string of the molecule is II.S=C(Nc1ccccc1)SCCSCC(CSC(=S)Nc1ccccc1)SCCSC(=S)Nc1ccccc1.S=C=Nc1ccccc1.SCCSCC(CS)SCCS. The number of rotatable bonds is 23. The standard InChI is InChI=1S/C28H31N3S8.C7H5NS.C7H16S5.I2/c32-26(29-22-10-4-1-5-11-22)37-17-16-35-20-25(21-39-28(34)31-24-14-8-3-9-15-24)36-18-19-38-27(33)30-23-12-6-2-7-13-23;9-6-8-7-4-2-1-3-5-7;8-1-3-11-6-7(5-10)12-4-2-9;1-2/h1-15,25H,16-21H2,(H,29,32)(H,30,33)(H,31,34);1-5H;7-10H,1-6H2;. The van der Waals surface area contributed by atoms with Gasteiger partial charge in [0.2, 0.25) is 0 Å². The Bertz CT molecular complexity index is 1750. The van der Waals surface area contributed by atoms with E-state index in [-0.39, 0.29) is 0 Å². The summed E-state index contributed by atoms with van der Waals surface area (Å²) in [5.41, 5.74) is 3.95. The van der Waals surface area contributed by atoms with E-state index in [1.165, 1.54) is 5.75 Å². The fourth-order valence-electron chi connectivity index (χ4n) is 4.30. The second-order valence-corrected chi connectivity index (χ2v) is 23.4. The van der Waals surface area contributed by atoms with Gasteiger partial charge in [0.25, 0.3) is 0 Å². The average molecular weight is 1320 g/mol. The minimum atomic E-state index is 0.492. The minimum absolute atomic E-state index is 0.492. The lowest BCUT2D eigenvalue weighted by molar-refractivity contribution is 1.15. The number of anilines is 3. The van der Waals surface area contributed by atoms with Crippen LogP contribution in [0, 0.1) is 0 Å². The van der Waals surface area contributed by atoms with Gasteiger partial charge in [0.05, 0.1) is 10.8 Å². The molecule has 0 saturated heterocycles. The molecule has 0 amide bonds. The molecule has 0 radical (unpaired) electrons. The Morgan fingerprint density at radius 2 is 0.919 bits per heavy atom. The maximum Gasteiger partial charge on any atom is 0.138 e. The van der Waals surface area contributed by atoms with Crippen LogP contribution in [0.1, 0.15) is 0 Å². The number of aliphatic imine (C=N–C) groups is 1. The quantitative estimate of drug-likeness (QED) is 0.0141. The average Bonchev–Trinajstić information content (AvgIpc) is 3.30. The number of benzene rings is 4. The van der Waals surface area contributed by atoms with Crippen LogP contribution in [0.5, 0.6) is 0 Å². The minimum Gasteiger partial charge on any atom is -0.341 e. The number of nitrogens with one attached hydrogen (secondary N) is 3. The molecule has 0 heterocycles. The van der Waals surface area contributed by atoms with Gasteiger partial charge in [-0.25, -0.2) is 0 Å². The molecular weight excluding hydrogens is 1260 g/mol. The molecule has 4 aromatic rings. The zero-order valence-electron chi connectivity index (χ0n) is 33.7. The molecule has 62 heavy (non-hydrogen) atoms. The van der Waals surface area contributed by atoms with Gasteiger partial charge in [-0.2, -0.15) is 89.9 Å². The third kappa shape index (κ3) is 35.5. The van der Waals surface area contributed by atoms with Crippen LogP contribution in [0.2, 0.25) is 0 Å². The molecule has 338 valence electrons. The fourth-order valence-corrected chi connectivity index (χ4v) is 13.9. The van der Waals surface area contributed by atoms with Crippen molar-refractivity contribution in [3.05, 3.63) is 121 Å². The molecule has 0 fully saturated rings. The zero-order chi connectivity index (χ0) is 45.3. The number of hydrogen-bond donors (Lipinski definition) is 6. The molecule has 0 saturated carbocycles. The van der Waals surface area contributed by atoms with Gasteiger partial charge in [0, 0.05) is 122 Å². The van der Waals surface area contributed by atoms with Gasteiger partial charge in [0.1, 0.15) is 13.0 Å². The highest BCUT2D eigenvalue weighted by Crippen LogP contribution is 2.25. The van der Waals surface area contributed by atoms with Gasteiger partial charge in [-0.15, -0.1) is 0 Å². The van der Waals surface area contributed by atoms with Crippen molar-refractivity contribution >= 4 is 247 Å². The van der Waals surface area contributed by atoms with E-state index in [0.29, 0.717) is 10.5 Å². The molecule has 4 aromatic carbocycles. The summed E-state index contributed by atoms with van der Waals surface area (Å²) in [6, 6.07) is 39.8. The first-order valence-corrected chi connectivity index (χ1v) is 36.0. The molecule has 0 bridgehead atoms. The summed E-state index contributed by atoms with van der Waals surface area (Å²) in [6.07, 6.45) is 0. The summed E-state index contributed by atoms with van der Waals surface area (Å²) in [7, 11) is 0. The maximum absolute atomic E-state index is 5.60. The largest absolute Gasteiger partial charge is 0.341 e. The summed E-state index contributed by atoms with van der Waals surface area (Å²) in [5.74, 6) is 12.5. The van der Waals surface area contributed by atoms with Crippen LogP contribution in [-0.2, 0) is 0 Å². The Balaban J connectivity index is 0.000000679. The Morgan fingerprint density at radius 3 is 1.37 bits per heavy atom. The number of thiocarbonyl (C=S) groups is 4. The summed E-state index contributed by atoms with van der Waals surface area (Å²) < 4.78 is 2.44. The molecule has 0 aliphatic rings. The molecule has 3 N–H and O–H groups in total. The molecule has 2 atom stereocenters. The first-order chi connectivity index (χ1) is 30.4. The van der Waals surface area contributed by atoms with Gasteiger partial charge in [0.15, 0.2) is 0 Å². The Hall–Kier alpha value is 1.31. The van der Waals surface area contributed by atoms with E-state index in [0.717, 1.165) is 99.0 Å². The molecule has 0 aliphatic heterocycles. The van der Waals surface area contributed by atoms with Crippen molar-refractivity contribution in [2.24, 2.45) is 4.99 Å². The summed E-state index contributed by atoms with van der Waals surface area (Å²) in [5, 5.41) is 13.4. The van der Waals surface area contributed by atoms with Crippen molar-refractivity contribution in [2.45, 2.75) is 10.5 Å². The lowest BCUT2D eigenvalue weighted by Crippen LogP contribution is -2.16. The Morgan fingerprint density at radius 1 is 0.516 bits per heavy atom. The van der Waals surface area contributed by atoms with Crippen LogP contribution >= 0.6 is 206 Å². The predicted molar refractivity (Wildman–Crippen MR) is 343 cm³/mol. The molecular formula is C42H52I2N4S14. The molecule has 4 rings (SSSR count). The molecule has 2 unspecified atom stereocenters. The third-order valence-corrected chi connectivity index (χ3v) is 18.6. The smallest absolute Gasteiger partial charge is 0.138 e. The van der Waals surface area contributed by atoms with Crippen molar-refractivity contribution in [1.82, 2.24) is 0 Å². The highest BCUT2D eigenvalue weighted by Gasteiger charge is 2.13. The summed E-state index contributed by atoms with van der Waals surface area (Å²) in [4.78, 5) is 3.77. The van der Waals surface area contributed by atoms with Crippen molar-refractivity contribution in [3.63, 3.8) is 0 Å². The van der Waals surface area contributed by atoms with E-state index in [2.05, 4.69) is 113 Å². The van der Waals surface area contributed by atoms with Crippen LogP contribution in [0.25, 0.3) is 0 Å². The molecule has 0 spiro atoms. The van der Waals surface area contributed by atoms with E-state index in [4.69, 9.17) is 36.7 Å². The van der Waals surface area contributed by atoms with Gasteiger partial charge < -0.3 is 16.0 Å². The zero-order valence-corrected chi connectivity index (χ0v) is 49.7. The fraction of sp³-hybridized carbons (Fsp3) is 0.333. The first kappa shape index (κ1) is 61.3. The number of isothiocyanates is 1. The number of halogens is 2. The van der Waals surface area contributed by atoms with E-state index >= 15 is 0 Å². The van der Waals surface area contributed by atoms with Crippen molar-refractivity contribution in [2.75, 3.05) is 85.0 Å². The van der Waals surface area contributed by atoms with E-state index < -0.39 is 0 Å². The molecule has 4 nitrogen and oxygen atoms in total.